The minimum absolute atomic E-state index is 0.752. The van der Waals surface area contributed by atoms with Gasteiger partial charge in [0.15, 0.2) is 5.65 Å². The van der Waals surface area contributed by atoms with Crippen molar-refractivity contribution in [3.8, 4) is 0 Å². The summed E-state index contributed by atoms with van der Waals surface area (Å²) >= 11 is 0. The fraction of sp³-hybridized carbons (Fsp3) is 0.467. The Kier molecular flexibility index (Phi) is 4.20. The zero-order valence-electron chi connectivity index (χ0n) is 11.8. The quantitative estimate of drug-likeness (QED) is 0.639. The van der Waals surface area contributed by atoms with Crippen LogP contribution in [0, 0.1) is 6.92 Å². The molecule has 0 unspecified atom stereocenters. The standard InChI is InChI=1S/C15H22N4/c1-4-6-7-9-19-15-13(10-17-19)14(16)12(8-5-2)11(3)18-15/h5,10H,2,4,6-9H2,1,3H3,(H2,16,18). The highest BCUT2D eigenvalue weighted by atomic mass is 15.3. The second-order valence-corrected chi connectivity index (χ2v) is 4.89. The van der Waals surface area contributed by atoms with E-state index in [1.165, 1.54) is 12.8 Å². The number of nitrogens with zero attached hydrogens (tertiary/aromatic N) is 3. The molecule has 2 aromatic heterocycles. The van der Waals surface area contributed by atoms with Gasteiger partial charge in [-0.15, -0.1) is 6.58 Å². The molecule has 0 radical (unpaired) electrons. The second-order valence-electron chi connectivity index (χ2n) is 4.89. The maximum atomic E-state index is 6.23. The van der Waals surface area contributed by atoms with Gasteiger partial charge in [-0.25, -0.2) is 9.67 Å². The lowest BCUT2D eigenvalue weighted by Crippen LogP contribution is -2.05. The van der Waals surface area contributed by atoms with E-state index >= 15 is 0 Å². The molecule has 102 valence electrons. The van der Waals surface area contributed by atoms with Crippen LogP contribution in [0.1, 0.15) is 37.4 Å². The number of hydrogen-bond donors (Lipinski definition) is 1. The zero-order chi connectivity index (χ0) is 13.8. The summed E-state index contributed by atoms with van der Waals surface area (Å²) in [4.78, 5) is 4.67. The van der Waals surface area contributed by atoms with Crippen molar-refractivity contribution in [2.24, 2.45) is 0 Å². The summed E-state index contributed by atoms with van der Waals surface area (Å²) in [5.41, 5.74) is 9.97. The van der Waals surface area contributed by atoms with Gasteiger partial charge in [0.1, 0.15) is 0 Å². The summed E-state index contributed by atoms with van der Waals surface area (Å²) in [6.45, 7) is 8.87. The van der Waals surface area contributed by atoms with Crippen molar-refractivity contribution in [3.63, 3.8) is 0 Å². The number of nitrogens with two attached hydrogens (primary N) is 1. The average molecular weight is 258 g/mol. The van der Waals surface area contributed by atoms with Gasteiger partial charge < -0.3 is 5.73 Å². The molecule has 0 aliphatic heterocycles. The molecular formula is C15H22N4. The van der Waals surface area contributed by atoms with Gasteiger partial charge in [-0.3, -0.25) is 0 Å². The minimum Gasteiger partial charge on any atom is -0.398 e. The smallest absolute Gasteiger partial charge is 0.160 e. The molecule has 0 aliphatic carbocycles. The third-order valence-electron chi connectivity index (χ3n) is 3.46. The molecule has 0 saturated heterocycles. The predicted molar refractivity (Wildman–Crippen MR) is 80.1 cm³/mol. The Morgan fingerprint density at radius 1 is 1.42 bits per heavy atom. The van der Waals surface area contributed by atoms with Crippen LogP contribution >= 0.6 is 0 Å². The molecule has 2 N–H and O–H groups in total. The molecule has 2 rings (SSSR count). The van der Waals surface area contributed by atoms with Crippen LogP contribution in [0.25, 0.3) is 11.0 Å². The number of aryl methyl sites for hydroxylation is 2. The van der Waals surface area contributed by atoms with Gasteiger partial charge in [-0.05, 0) is 19.8 Å². The molecule has 4 heteroatoms. The van der Waals surface area contributed by atoms with Gasteiger partial charge in [0, 0.05) is 23.5 Å². The number of hydrogen-bond acceptors (Lipinski definition) is 3. The first kappa shape index (κ1) is 13.6. The van der Waals surface area contributed by atoms with Gasteiger partial charge in [0.2, 0.25) is 0 Å². The Bertz CT molecular complexity index is 583. The van der Waals surface area contributed by atoms with Crippen molar-refractivity contribution >= 4 is 16.7 Å². The van der Waals surface area contributed by atoms with Crippen molar-refractivity contribution in [1.82, 2.24) is 14.8 Å². The highest BCUT2D eigenvalue weighted by molar-refractivity contribution is 5.89. The van der Waals surface area contributed by atoms with Crippen LogP contribution in [0.5, 0.6) is 0 Å². The van der Waals surface area contributed by atoms with E-state index in [1.807, 2.05) is 23.9 Å². The van der Waals surface area contributed by atoms with E-state index in [-0.39, 0.29) is 0 Å². The monoisotopic (exact) mass is 258 g/mol. The second kappa shape index (κ2) is 5.87. The fourth-order valence-corrected chi connectivity index (χ4v) is 2.35. The van der Waals surface area contributed by atoms with Crippen LogP contribution in [0.3, 0.4) is 0 Å². The molecule has 19 heavy (non-hydrogen) atoms. The fourth-order valence-electron chi connectivity index (χ4n) is 2.35. The number of rotatable bonds is 6. The summed E-state index contributed by atoms with van der Waals surface area (Å²) in [5.74, 6) is 0. The van der Waals surface area contributed by atoms with Gasteiger partial charge in [0.05, 0.1) is 11.6 Å². The van der Waals surface area contributed by atoms with Crippen molar-refractivity contribution in [3.05, 3.63) is 30.1 Å². The van der Waals surface area contributed by atoms with E-state index in [0.29, 0.717) is 0 Å². The van der Waals surface area contributed by atoms with E-state index in [2.05, 4.69) is 23.6 Å². The minimum atomic E-state index is 0.752. The molecule has 0 amide bonds. The number of allylic oxidation sites excluding steroid dienone is 1. The lowest BCUT2D eigenvalue weighted by molar-refractivity contribution is 0.563. The van der Waals surface area contributed by atoms with Crippen LogP contribution in [0.4, 0.5) is 5.69 Å². The van der Waals surface area contributed by atoms with Crippen molar-refractivity contribution in [2.45, 2.75) is 46.1 Å². The highest BCUT2D eigenvalue weighted by Gasteiger charge is 2.13. The molecule has 0 saturated carbocycles. The maximum absolute atomic E-state index is 6.23. The van der Waals surface area contributed by atoms with Crippen molar-refractivity contribution in [1.29, 1.82) is 0 Å². The average Bonchev–Trinajstić information content (AvgIpc) is 2.78. The van der Waals surface area contributed by atoms with Gasteiger partial charge in [0.25, 0.3) is 0 Å². The Morgan fingerprint density at radius 2 is 2.21 bits per heavy atom. The van der Waals surface area contributed by atoms with Crippen LogP contribution in [-0.2, 0) is 13.0 Å². The molecule has 0 spiro atoms. The SMILES string of the molecule is C=CCc1c(C)nc2c(cnn2CCCCC)c1N. The molecule has 0 aliphatic rings. The molecule has 0 aromatic carbocycles. The van der Waals surface area contributed by atoms with E-state index in [4.69, 9.17) is 5.73 Å². The van der Waals surface area contributed by atoms with Gasteiger partial charge in [-0.1, -0.05) is 25.8 Å². The van der Waals surface area contributed by atoms with E-state index in [0.717, 1.165) is 47.4 Å². The van der Waals surface area contributed by atoms with E-state index in [9.17, 15) is 0 Å². The number of anilines is 1. The third-order valence-corrected chi connectivity index (χ3v) is 3.46. The summed E-state index contributed by atoms with van der Waals surface area (Å²) in [5, 5.41) is 5.38. The number of unbranched alkanes of at least 4 members (excludes halogenated alkanes) is 2. The van der Waals surface area contributed by atoms with E-state index in [1.54, 1.807) is 0 Å². The molecule has 0 bridgehead atoms. The van der Waals surface area contributed by atoms with Gasteiger partial charge in [-0.2, -0.15) is 5.10 Å². The van der Waals surface area contributed by atoms with Crippen LogP contribution in [-0.4, -0.2) is 14.8 Å². The largest absolute Gasteiger partial charge is 0.398 e. The Balaban J connectivity index is 2.41. The number of fused-ring (bicyclic) bond motifs is 1. The number of pyridine rings is 1. The van der Waals surface area contributed by atoms with Crippen LogP contribution in [0.15, 0.2) is 18.9 Å². The summed E-state index contributed by atoms with van der Waals surface area (Å²) < 4.78 is 1.96. The Labute approximate surface area is 114 Å². The first-order chi connectivity index (χ1) is 9.19. The molecule has 0 atom stereocenters. The normalized spacial score (nSPS) is 11.1. The Morgan fingerprint density at radius 3 is 2.89 bits per heavy atom. The molecule has 0 fully saturated rings. The highest BCUT2D eigenvalue weighted by Crippen LogP contribution is 2.26. The molecule has 2 heterocycles. The maximum Gasteiger partial charge on any atom is 0.160 e. The first-order valence-electron chi connectivity index (χ1n) is 6.90. The first-order valence-corrected chi connectivity index (χ1v) is 6.90. The van der Waals surface area contributed by atoms with Crippen molar-refractivity contribution in [2.75, 3.05) is 5.73 Å². The summed E-state index contributed by atoms with van der Waals surface area (Å²) in [7, 11) is 0. The predicted octanol–water partition coefficient (Wildman–Crippen LogP) is 3.24. The number of aromatic nitrogens is 3. The number of nitrogen functional groups attached to an aromatic ring is 1. The zero-order valence-corrected chi connectivity index (χ0v) is 11.8. The topological polar surface area (TPSA) is 56.7 Å². The Hall–Kier alpha value is -1.84. The van der Waals surface area contributed by atoms with Crippen LogP contribution in [0.2, 0.25) is 0 Å². The molecular weight excluding hydrogens is 236 g/mol. The van der Waals surface area contributed by atoms with Gasteiger partial charge >= 0.3 is 0 Å². The van der Waals surface area contributed by atoms with Crippen LogP contribution < -0.4 is 5.73 Å². The van der Waals surface area contributed by atoms with E-state index < -0.39 is 0 Å². The lowest BCUT2D eigenvalue weighted by Gasteiger charge is -2.09. The molecule has 4 nitrogen and oxygen atoms in total. The third kappa shape index (κ3) is 2.62. The summed E-state index contributed by atoms with van der Waals surface area (Å²) in [6.07, 6.45) is 7.99. The molecule has 2 aromatic rings. The van der Waals surface area contributed by atoms with Crippen molar-refractivity contribution < 1.29 is 0 Å². The lowest BCUT2D eigenvalue weighted by atomic mass is 10.1. The summed E-state index contributed by atoms with van der Waals surface area (Å²) in [6, 6.07) is 0.